The summed E-state index contributed by atoms with van der Waals surface area (Å²) in [6.45, 7) is 2.36. The van der Waals surface area contributed by atoms with Crippen molar-refractivity contribution in [2.45, 2.75) is 13.5 Å². The van der Waals surface area contributed by atoms with Crippen molar-refractivity contribution in [1.82, 2.24) is 9.97 Å². The Morgan fingerprint density at radius 1 is 1.28 bits per heavy atom. The lowest BCUT2D eigenvalue weighted by molar-refractivity contribution is -0.111. The summed E-state index contributed by atoms with van der Waals surface area (Å²) in [5, 5.41) is 5.75. The van der Waals surface area contributed by atoms with Gasteiger partial charge in [-0.15, -0.1) is 11.3 Å². The average Bonchev–Trinajstić information content (AvgIpc) is 3.05. The molecule has 0 spiro atoms. The van der Waals surface area contributed by atoms with Gasteiger partial charge in [-0.1, -0.05) is 18.2 Å². The van der Waals surface area contributed by atoms with E-state index in [2.05, 4.69) is 15.3 Å². The number of ether oxygens (including phenoxy) is 1. The van der Waals surface area contributed by atoms with Gasteiger partial charge in [-0.05, 0) is 31.2 Å². The number of para-hydroxylation sites is 1. The van der Waals surface area contributed by atoms with Gasteiger partial charge in [0.05, 0.1) is 22.6 Å². The topological polar surface area (TPSA) is 64.1 Å². The number of hydrogen-bond donors (Lipinski definition) is 1. The van der Waals surface area contributed by atoms with Crippen molar-refractivity contribution in [1.29, 1.82) is 0 Å². The molecule has 6 heteroatoms. The van der Waals surface area contributed by atoms with Crippen LogP contribution in [0.2, 0.25) is 0 Å². The molecule has 25 heavy (non-hydrogen) atoms. The van der Waals surface area contributed by atoms with Crippen LogP contribution in [0.4, 0.5) is 5.69 Å². The summed E-state index contributed by atoms with van der Waals surface area (Å²) in [7, 11) is 0. The monoisotopic (exact) mass is 351 g/mol. The third-order valence-corrected chi connectivity index (χ3v) is 4.13. The van der Waals surface area contributed by atoms with Crippen molar-refractivity contribution in [2.75, 3.05) is 5.32 Å². The van der Waals surface area contributed by atoms with Gasteiger partial charge in [0, 0.05) is 23.2 Å². The largest absolute Gasteiger partial charge is 0.487 e. The number of pyridine rings is 1. The maximum absolute atomic E-state index is 12.0. The second-order valence-electron chi connectivity index (χ2n) is 5.25. The molecule has 0 saturated heterocycles. The molecule has 126 valence electrons. The second-order valence-corrected chi connectivity index (χ2v) is 6.31. The van der Waals surface area contributed by atoms with E-state index in [1.54, 1.807) is 41.9 Å². The van der Waals surface area contributed by atoms with E-state index in [1.807, 2.05) is 36.6 Å². The Labute approximate surface area is 150 Å². The van der Waals surface area contributed by atoms with Gasteiger partial charge in [-0.3, -0.25) is 9.78 Å². The summed E-state index contributed by atoms with van der Waals surface area (Å²) in [4.78, 5) is 20.3. The number of rotatable bonds is 6. The Hall–Kier alpha value is -2.99. The number of anilines is 1. The number of aryl methyl sites for hydroxylation is 1. The van der Waals surface area contributed by atoms with Crippen LogP contribution in [0.1, 0.15) is 16.3 Å². The quantitative estimate of drug-likeness (QED) is 0.680. The molecule has 0 aliphatic heterocycles. The zero-order valence-electron chi connectivity index (χ0n) is 13.7. The molecule has 0 radical (unpaired) electrons. The van der Waals surface area contributed by atoms with Crippen molar-refractivity contribution in [3.63, 3.8) is 0 Å². The molecule has 0 aliphatic rings. The number of nitrogens with zero attached hydrogens (tertiary/aromatic N) is 2. The molecule has 0 atom stereocenters. The lowest BCUT2D eigenvalue weighted by Gasteiger charge is -2.07. The van der Waals surface area contributed by atoms with Crippen LogP contribution in [0.5, 0.6) is 5.75 Å². The van der Waals surface area contributed by atoms with Gasteiger partial charge in [0.2, 0.25) is 5.91 Å². The summed E-state index contributed by atoms with van der Waals surface area (Å²) in [5.74, 6) is 0.483. The minimum absolute atomic E-state index is 0.224. The van der Waals surface area contributed by atoms with E-state index in [0.717, 1.165) is 16.3 Å². The first kappa shape index (κ1) is 16.9. The van der Waals surface area contributed by atoms with Crippen LogP contribution in [0.25, 0.3) is 6.08 Å². The molecule has 0 fully saturated rings. The molecule has 3 aromatic rings. The number of thiazole rings is 1. The summed E-state index contributed by atoms with van der Waals surface area (Å²) >= 11 is 1.60. The molecule has 0 saturated carbocycles. The van der Waals surface area contributed by atoms with Crippen LogP contribution in [-0.4, -0.2) is 15.9 Å². The fourth-order valence-corrected chi connectivity index (χ4v) is 2.76. The Morgan fingerprint density at radius 3 is 2.92 bits per heavy atom. The molecule has 0 aliphatic carbocycles. The summed E-state index contributed by atoms with van der Waals surface area (Å²) < 4.78 is 5.84. The van der Waals surface area contributed by atoms with Crippen LogP contribution in [0.15, 0.2) is 60.2 Å². The average molecular weight is 351 g/mol. The number of carbonyl (C=O) groups is 1. The maximum atomic E-state index is 12.0. The molecule has 2 heterocycles. The van der Waals surface area contributed by atoms with Gasteiger partial charge in [-0.2, -0.15) is 0 Å². The summed E-state index contributed by atoms with van der Waals surface area (Å²) in [6.07, 6.45) is 6.46. The highest BCUT2D eigenvalue weighted by atomic mass is 32.1. The third-order valence-electron chi connectivity index (χ3n) is 3.30. The van der Waals surface area contributed by atoms with E-state index in [0.29, 0.717) is 18.0 Å². The van der Waals surface area contributed by atoms with E-state index >= 15 is 0 Å². The number of amides is 1. The first-order valence-corrected chi connectivity index (χ1v) is 8.60. The fourth-order valence-electron chi connectivity index (χ4n) is 2.16. The zero-order valence-corrected chi connectivity index (χ0v) is 14.5. The highest BCUT2D eigenvalue weighted by Crippen LogP contribution is 2.21. The van der Waals surface area contributed by atoms with Gasteiger partial charge < -0.3 is 10.1 Å². The minimum Gasteiger partial charge on any atom is -0.487 e. The predicted molar refractivity (Wildman–Crippen MR) is 99.5 cm³/mol. The Bertz CT molecular complexity index is 875. The standard InChI is InChI=1S/C19H17N3O2S/c1-14-21-17(13-25-14)12-24-18-7-3-2-5-15(18)8-9-19(23)22-16-6-4-10-20-11-16/h2-11,13H,12H2,1H3,(H,22,23)/b9-8+. The highest BCUT2D eigenvalue weighted by molar-refractivity contribution is 7.09. The second kappa shape index (κ2) is 8.21. The maximum Gasteiger partial charge on any atom is 0.248 e. The van der Waals surface area contributed by atoms with E-state index in [-0.39, 0.29) is 5.91 Å². The fraction of sp³-hybridized carbons (Fsp3) is 0.105. The lowest BCUT2D eigenvalue weighted by Crippen LogP contribution is -2.07. The first-order chi connectivity index (χ1) is 12.2. The molecular weight excluding hydrogens is 334 g/mol. The smallest absolute Gasteiger partial charge is 0.248 e. The molecule has 2 aromatic heterocycles. The molecule has 3 rings (SSSR count). The number of benzene rings is 1. The van der Waals surface area contributed by atoms with Gasteiger partial charge in [-0.25, -0.2) is 4.98 Å². The van der Waals surface area contributed by atoms with Crippen molar-refractivity contribution in [2.24, 2.45) is 0 Å². The van der Waals surface area contributed by atoms with Crippen molar-refractivity contribution in [3.05, 3.63) is 76.5 Å². The van der Waals surface area contributed by atoms with Gasteiger partial charge >= 0.3 is 0 Å². The lowest BCUT2D eigenvalue weighted by atomic mass is 10.2. The zero-order chi connectivity index (χ0) is 17.5. The van der Waals surface area contributed by atoms with Crippen LogP contribution >= 0.6 is 11.3 Å². The van der Waals surface area contributed by atoms with Crippen molar-refractivity contribution in [3.8, 4) is 5.75 Å². The van der Waals surface area contributed by atoms with Crippen molar-refractivity contribution >= 4 is 29.0 Å². The normalized spacial score (nSPS) is 10.8. The molecule has 0 bridgehead atoms. The van der Waals surface area contributed by atoms with Crippen LogP contribution in [-0.2, 0) is 11.4 Å². The van der Waals surface area contributed by atoms with Gasteiger partial charge in [0.25, 0.3) is 0 Å². The molecule has 5 nitrogen and oxygen atoms in total. The van der Waals surface area contributed by atoms with Crippen LogP contribution < -0.4 is 10.1 Å². The first-order valence-electron chi connectivity index (χ1n) is 7.72. The van der Waals surface area contributed by atoms with Gasteiger partial charge in [0.15, 0.2) is 0 Å². The Morgan fingerprint density at radius 2 is 2.16 bits per heavy atom. The van der Waals surface area contributed by atoms with E-state index in [9.17, 15) is 4.79 Å². The summed E-state index contributed by atoms with van der Waals surface area (Å²) in [5.41, 5.74) is 2.38. The van der Waals surface area contributed by atoms with E-state index in [4.69, 9.17) is 4.74 Å². The van der Waals surface area contributed by atoms with Crippen LogP contribution in [0.3, 0.4) is 0 Å². The third kappa shape index (κ3) is 4.99. The van der Waals surface area contributed by atoms with Gasteiger partial charge in [0.1, 0.15) is 12.4 Å². The van der Waals surface area contributed by atoms with Crippen LogP contribution in [0, 0.1) is 6.92 Å². The summed E-state index contributed by atoms with van der Waals surface area (Å²) in [6, 6.07) is 11.1. The SMILES string of the molecule is Cc1nc(COc2ccccc2/C=C/C(=O)Nc2cccnc2)cs1. The minimum atomic E-state index is -0.224. The number of hydrogen-bond acceptors (Lipinski definition) is 5. The predicted octanol–water partition coefficient (Wildman–Crippen LogP) is 4.08. The Kier molecular flexibility index (Phi) is 5.53. The molecule has 1 amide bonds. The highest BCUT2D eigenvalue weighted by Gasteiger charge is 2.04. The number of aromatic nitrogens is 2. The van der Waals surface area contributed by atoms with E-state index < -0.39 is 0 Å². The molecule has 0 unspecified atom stereocenters. The molecular formula is C19H17N3O2S. The molecule has 1 aromatic carbocycles. The van der Waals surface area contributed by atoms with E-state index in [1.165, 1.54) is 6.08 Å². The number of carbonyl (C=O) groups excluding carboxylic acids is 1. The Balaban J connectivity index is 1.64. The van der Waals surface area contributed by atoms with Crippen molar-refractivity contribution < 1.29 is 9.53 Å². The number of nitrogens with one attached hydrogen (secondary N) is 1. The molecule has 1 N–H and O–H groups in total.